The number of nitrogens with one attached hydrogen (secondary N) is 2. The molecule has 0 aromatic rings. The van der Waals surface area contributed by atoms with Crippen LogP contribution in [0.5, 0.6) is 0 Å². The number of carbonyl (C=O) groups is 1. The van der Waals surface area contributed by atoms with Crippen LogP contribution >= 0.6 is 0 Å². The van der Waals surface area contributed by atoms with Gasteiger partial charge in [0.05, 0.1) is 11.2 Å². The minimum absolute atomic E-state index is 0.00223. The Morgan fingerprint density at radius 3 is 2.60 bits per heavy atom. The first-order valence-electron chi connectivity index (χ1n) is 7.41. The van der Waals surface area contributed by atoms with Crippen LogP contribution < -0.4 is 10.6 Å². The van der Waals surface area contributed by atoms with Crippen molar-refractivity contribution in [3.8, 4) is 0 Å². The summed E-state index contributed by atoms with van der Waals surface area (Å²) in [5.74, 6) is -0.0382. The second-order valence-corrected chi connectivity index (χ2v) is 8.11. The molecule has 2 aliphatic heterocycles. The molecule has 2 heterocycles. The zero-order chi connectivity index (χ0) is 14.6. The van der Waals surface area contributed by atoms with E-state index in [9.17, 15) is 13.2 Å². The molecule has 20 heavy (non-hydrogen) atoms. The van der Waals surface area contributed by atoms with Gasteiger partial charge in [0.1, 0.15) is 0 Å². The summed E-state index contributed by atoms with van der Waals surface area (Å²) in [5, 5.41) is 6.01. The van der Waals surface area contributed by atoms with Crippen LogP contribution in [-0.4, -0.2) is 57.1 Å². The van der Waals surface area contributed by atoms with E-state index >= 15 is 0 Å². The van der Waals surface area contributed by atoms with E-state index in [1.54, 1.807) is 0 Å². The van der Waals surface area contributed by atoms with Gasteiger partial charge in [-0.2, -0.15) is 0 Å². The van der Waals surface area contributed by atoms with E-state index in [-0.39, 0.29) is 18.2 Å². The number of carbonyl (C=O) groups excluding carboxylic acids is 1. The number of hydrogen-bond donors (Lipinski definition) is 2. The summed E-state index contributed by atoms with van der Waals surface area (Å²) in [6.07, 6.45) is 3.71. The van der Waals surface area contributed by atoms with Gasteiger partial charge in [-0.05, 0) is 39.2 Å². The normalized spacial score (nSPS) is 28.4. The lowest BCUT2D eigenvalue weighted by Gasteiger charge is -2.32. The average molecular weight is 303 g/mol. The zero-order valence-electron chi connectivity index (χ0n) is 12.2. The van der Waals surface area contributed by atoms with Crippen molar-refractivity contribution >= 4 is 15.9 Å². The van der Waals surface area contributed by atoms with Crippen molar-refractivity contribution in [1.29, 1.82) is 0 Å². The molecule has 1 atom stereocenters. The van der Waals surface area contributed by atoms with Crippen molar-refractivity contribution in [3.05, 3.63) is 0 Å². The highest BCUT2D eigenvalue weighted by molar-refractivity contribution is 7.89. The molecule has 0 aromatic heterocycles. The van der Waals surface area contributed by atoms with Crippen molar-refractivity contribution < 1.29 is 13.2 Å². The topological polar surface area (TPSA) is 78.5 Å². The van der Waals surface area contributed by atoms with Crippen LogP contribution in [0.1, 0.15) is 32.6 Å². The van der Waals surface area contributed by atoms with Crippen molar-refractivity contribution in [2.75, 3.05) is 38.5 Å². The van der Waals surface area contributed by atoms with Gasteiger partial charge in [0, 0.05) is 26.2 Å². The van der Waals surface area contributed by atoms with E-state index in [4.69, 9.17) is 0 Å². The second kappa shape index (κ2) is 6.41. The molecular formula is C13H25N3O3S. The monoisotopic (exact) mass is 303 g/mol. The summed E-state index contributed by atoms with van der Waals surface area (Å²) >= 11 is 0. The van der Waals surface area contributed by atoms with Crippen LogP contribution in [0.3, 0.4) is 0 Å². The third-order valence-electron chi connectivity index (χ3n) is 4.25. The summed E-state index contributed by atoms with van der Waals surface area (Å²) in [4.78, 5) is 12.2. The average Bonchev–Trinajstić information content (AvgIpc) is 2.94. The van der Waals surface area contributed by atoms with Crippen LogP contribution in [0.4, 0.5) is 0 Å². The fourth-order valence-corrected chi connectivity index (χ4v) is 4.29. The van der Waals surface area contributed by atoms with Gasteiger partial charge in [0.25, 0.3) is 0 Å². The zero-order valence-corrected chi connectivity index (χ0v) is 13.0. The molecule has 0 radical (unpaired) electrons. The van der Waals surface area contributed by atoms with Gasteiger partial charge in [-0.1, -0.05) is 0 Å². The predicted octanol–water partition coefficient (Wildman–Crippen LogP) is -0.0821. The maximum Gasteiger partial charge on any atom is 0.227 e. The van der Waals surface area contributed by atoms with Gasteiger partial charge in [0.2, 0.25) is 15.9 Å². The molecule has 1 amide bonds. The molecule has 0 unspecified atom stereocenters. The van der Waals surface area contributed by atoms with E-state index in [1.165, 1.54) is 4.31 Å². The first-order valence-corrected chi connectivity index (χ1v) is 9.02. The summed E-state index contributed by atoms with van der Waals surface area (Å²) in [7, 11) is -3.20. The van der Waals surface area contributed by atoms with E-state index in [0.717, 1.165) is 32.2 Å². The number of amides is 1. The molecule has 2 fully saturated rings. The number of hydrogen-bond acceptors (Lipinski definition) is 4. The minimum Gasteiger partial charge on any atom is -0.355 e. The Hall–Kier alpha value is -0.660. The summed E-state index contributed by atoms with van der Waals surface area (Å²) < 4.78 is 25.6. The van der Waals surface area contributed by atoms with E-state index in [2.05, 4.69) is 10.6 Å². The van der Waals surface area contributed by atoms with Crippen molar-refractivity contribution in [2.45, 2.75) is 32.6 Å². The standard InChI is InChI=1S/C13H25N3O3S/c1-13(5-4-6-14-11-13)12(17)15-7-10-20(18,19)16-8-2-3-9-16/h14H,2-11H2,1H3,(H,15,17)/t13-/m0/s1. The largest absolute Gasteiger partial charge is 0.355 e. The Bertz CT molecular complexity index is 438. The Morgan fingerprint density at radius 2 is 2.00 bits per heavy atom. The second-order valence-electron chi connectivity index (χ2n) is 6.02. The van der Waals surface area contributed by atoms with E-state index in [1.807, 2.05) is 6.92 Å². The SMILES string of the molecule is C[C@]1(C(=O)NCCS(=O)(=O)N2CCCC2)CCCNC1. The Kier molecular flexibility index (Phi) is 5.04. The Morgan fingerprint density at radius 1 is 1.30 bits per heavy atom. The fourth-order valence-electron chi connectivity index (χ4n) is 2.85. The van der Waals surface area contributed by atoms with Gasteiger partial charge in [0.15, 0.2) is 0 Å². The third kappa shape index (κ3) is 3.71. The van der Waals surface area contributed by atoms with Gasteiger partial charge in [-0.25, -0.2) is 12.7 Å². The van der Waals surface area contributed by atoms with Crippen LogP contribution in [0.2, 0.25) is 0 Å². The highest BCUT2D eigenvalue weighted by Gasteiger charge is 2.34. The first kappa shape index (κ1) is 15.7. The van der Waals surface area contributed by atoms with E-state index < -0.39 is 15.4 Å². The first-order chi connectivity index (χ1) is 9.44. The summed E-state index contributed by atoms with van der Waals surface area (Å²) in [5.41, 5.74) is -0.407. The number of rotatable bonds is 5. The third-order valence-corrected chi connectivity index (χ3v) is 6.12. The molecule has 0 bridgehead atoms. The van der Waals surface area contributed by atoms with Crippen molar-refractivity contribution in [2.24, 2.45) is 5.41 Å². The highest BCUT2D eigenvalue weighted by atomic mass is 32.2. The molecule has 2 aliphatic rings. The lowest BCUT2D eigenvalue weighted by atomic mass is 9.82. The number of sulfonamides is 1. The predicted molar refractivity (Wildman–Crippen MR) is 77.8 cm³/mol. The molecule has 2 rings (SSSR count). The molecule has 6 nitrogen and oxygen atoms in total. The maximum absolute atomic E-state index is 12.2. The highest BCUT2D eigenvalue weighted by Crippen LogP contribution is 2.25. The molecule has 0 spiro atoms. The van der Waals surface area contributed by atoms with Crippen LogP contribution in [-0.2, 0) is 14.8 Å². The molecule has 0 saturated carbocycles. The number of nitrogens with zero attached hydrogens (tertiary/aromatic N) is 1. The van der Waals surface area contributed by atoms with Crippen LogP contribution in [0.15, 0.2) is 0 Å². The molecule has 2 saturated heterocycles. The molecule has 0 aromatic carbocycles. The van der Waals surface area contributed by atoms with Crippen molar-refractivity contribution in [1.82, 2.24) is 14.9 Å². The molecule has 2 N–H and O–H groups in total. The van der Waals surface area contributed by atoms with Gasteiger partial charge < -0.3 is 10.6 Å². The fraction of sp³-hybridized carbons (Fsp3) is 0.923. The van der Waals surface area contributed by atoms with Crippen LogP contribution in [0.25, 0.3) is 0 Å². The summed E-state index contributed by atoms with van der Waals surface area (Å²) in [6.45, 7) is 5.00. The quantitative estimate of drug-likeness (QED) is 0.744. The minimum atomic E-state index is -3.20. The Labute approximate surface area is 121 Å². The van der Waals surface area contributed by atoms with Gasteiger partial charge in [-0.15, -0.1) is 0 Å². The molecule has 0 aliphatic carbocycles. The molecule has 116 valence electrons. The van der Waals surface area contributed by atoms with Gasteiger partial charge >= 0.3 is 0 Å². The summed E-state index contributed by atoms with van der Waals surface area (Å²) in [6, 6.07) is 0. The van der Waals surface area contributed by atoms with Gasteiger partial charge in [-0.3, -0.25) is 4.79 Å². The smallest absolute Gasteiger partial charge is 0.227 e. The maximum atomic E-state index is 12.2. The van der Waals surface area contributed by atoms with Crippen LogP contribution in [0, 0.1) is 5.41 Å². The molecular weight excluding hydrogens is 278 g/mol. The molecule has 7 heteroatoms. The van der Waals surface area contributed by atoms with Crippen molar-refractivity contribution in [3.63, 3.8) is 0 Å². The lowest BCUT2D eigenvalue weighted by molar-refractivity contribution is -0.130. The number of piperidine rings is 1. The van der Waals surface area contributed by atoms with E-state index in [0.29, 0.717) is 19.6 Å². The lowest BCUT2D eigenvalue weighted by Crippen LogP contribution is -2.49. The Balaban J connectivity index is 1.78.